The first kappa shape index (κ1) is 14.8. The van der Waals surface area contributed by atoms with E-state index in [-0.39, 0.29) is 18.1 Å². The van der Waals surface area contributed by atoms with Crippen LogP contribution in [0.5, 0.6) is 0 Å². The van der Waals surface area contributed by atoms with E-state index in [9.17, 15) is 4.79 Å². The molecule has 2 atom stereocenters. The van der Waals surface area contributed by atoms with Crippen LogP contribution in [0.4, 0.5) is 0 Å². The largest absolute Gasteiger partial charge is 0.374 e. The van der Waals surface area contributed by atoms with Gasteiger partial charge in [0.2, 0.25) is 0 Å². The lowest BCUT2D eigenvalue weighted by atomic mass is 10.1. The van der Waals surface area contributed by atoms with Crippen LogP contribution in [0.2, 0.25) is 0 Å². The normalized spacial score (nSPS) is 23.8. The minimum absolute atomic E-state index is 0.0994. The van der Waals surface area contributed by atoms with Crippen molar-refractivity contribution in [1.82, 2.24) is 14.9 Å². The molecule has 6 heteroatoms. The molecule has 1 saturated carbocycles. The summed E-state index contributed by atoms with van der Waals surface area (Å²) in [6.45, 7) is 3.22. The van der Waals surface area contributed by atoms with Crippen molar-refractivity contribution < 1.29 is 9.53 Å². The van der Waals surface area contributed by atoms with E-state index in [1.54, 1.807) is 6.20 Å². The highest BCUT2D eigenvalue weighted by atomic mass is 32.1. The molecular formula is C17H19N3O2S. The van der Waals surface area contributed by atoms with Gasteiger partial charge in [0.15, 0.2) is 0 Å². The average Bonchev–Trinajstić information content (AvgIpc) is 3.21. The summed E-state index contributed by atoms with van der Waals surface area (Å²) in [5.41, 5.74) is 1.61. The van der Waals surface area contributed by atoms with Crippen LogP contribution in [-0.2, 0) is 4.74 Å². The Labute approximate surface area is 139 Å². The maximum Gasteiger partial charge on any atom is 0.266 e. The van der Waals surface area contributed by atoms with Gasteiger partial charge in [-0.05, 0) is 38.3 Å². The number of fused-ring (bicyclic) bond motifs is 1. The van der Waals surface area contributed by atoms with Crippen molar-refractivity contribution in [2.24, 2.45) is 0 Å². The number of ether oxygens (including phenoxy) is 1. The molecule has 4 rings (SSSR count). The Kier molecular flexibility index (Phi) is 3.87. The third-order valence-electron chi connectivity index (χ3n) is 4.62. The third-order valence-corrected chi connectivity index (χ3v) is 5.79. The molecule has 0 radical (unpaired) electrons. The van der Waals surface area contributed by atoms with Gasteiger partial charge in [-0.15, -0.1) is 11.3 Å². The number of pyridine rings is 1. The molecule has 1 amide bonds. The fraction of sp³-hybridized carbons (Fsp3) is 0.471. The second kappa shape index (κ2) is 6.02. The zero-order valence-corrected chi connectivity index (χ0v) is 13.9. The Morgan fingerprint density at radius 2 is 2.30 bits per heavy atom. The fourth-order valence-corrected chi connectivity index (χ4v) is 4.50. The van der Waals surface area contributed by atoms with Gasteiger partial charge in [0.1, 0.15) is 9.88 Å². The molecule has 1 saturated heterocycles. The molecule has 0 aromatic carbocycles. The van der Waals surface area contributed by atoms with Crippen molar-refractivity contribution in [3.8, 4) is 10.7 Å². The van der Waals surface area contributed by atoms with Crippen LogP contribution in [-0.4, -0.2) is 46.1 Å². The molecule has 2 aromatic rings. The molecule has 0 bridgehead atoms. The number of hydrogen-bond donors (Lipinski definition) is 0. The monoisotopic (exact) mass is 329 g/mol. The van der Waals surface area contributed by atoms with Gasteiger partial charge < -0.3 is 9.64 Å². The first-order valence-corrected chi connectivity index (χ1v) is 8.87. The first-order valence-electron chi connectivity index (χ1n) is 8.05. The van der Waals surface area contributed by atoms with Gasteiger partial charge in [0.25, 0.3) is 5.91 Å². The lowest BCUT2D eigenvalue weighted by molar-refractivity contribution is -0.0444. The summed E-state index contributed by atoms with van der Waals surface area (Å²) >= 11 is 1.44. The van der Waals surface area contributed by atoms with Crippen molar-refractivity contribution in [1.29, 1.82) is 0 Å². The predicted octanol–water partition coefficient (Wildman–Crippen LogP) is 2.91. The minimum Gasteiger partial charge on any atom is -0.374 e. The van der Waals surface area contributed by atoms with E-state index in [4.69, 9.17) is 4.74 Å². The van der Waals surface area contributed by atoms with Crippen LogP contribution >= 0.6 is 11.3 Å². The highest BCUT2D eigenvalue weighted by molar-refractivity contribution is 7.17. The molecule has 0 spiro atoms. The molecule has 2 aliphatic rings. The zero-order valence-electron chi connectivity index (χ0n) is 13.1. The van der Waals surface area contributed by atoms with Gasteiger partial charge >= 0.3 is 0 Å². The molecule has 0 N–H and O–H groups in total. The minimum atomic E-state index is 0.0994. The van der Waals surface area contributed by atoms with E-state index in [0.29, 0.717) is 13.2 Å². The standard InChI is InChI=1S/C17H19N3O2S/c1-11-15(23-16(19-11)12-5-2-3-8-18-12)17(21)20-9-10-22-14-7-4-6-13(14)20/h2-3,5,8,13-14H,4,6-7,9-10H2,1H3. The van der Waals surface area contributed by atoms with Gasteiger partial charge in [-0.1, -0.05) is 6.07 Å². The van der Waals surface area contributed by atoms with Crippen molar-refractivity contribution >= 4 is 17.2 Å². The molecule has 2 unspecified atom stereocenters. The molecule has 2 fully saturated rings. The fourth-order valence-electron chi connectivity index (χ4n) is 3.50. The quantitative estimate of drug-likeness (QED) is 0.850. The molecule has 5 nitrogen and oxygen atoms in total. The Morgan fingerprint density at radius 3 is 3.13 bits per heavy atom. The summed E-state index contributed by atoms with van der Waals surface area (Å²) in [6.07, 6.45) is 5.21. The second-order valence-corrected chi connectivity index (χ2v) is 7.05. The smallest absolute Gasteiger partial charge is 0.266 e. The summed E-state index contributed by atoms with van der Waals surface area (Å²) in [5, 5.41) is 0.808. The highest BCUT2D eigenvalue weighted by Gasteiger charge is 2.39. The maximum absolute atomic E-state index is 13.0. The summed E-state index contributed by atoms with van der Waals surface area (Å²) in [5.74, 6) is 0.0994. The molecule has 1 aliphatic heterocycles. The molecule has 3 heterocycles. The van der Waals surface area contributed by atoms with Gasteiger partial charge in [-0.2, -0.15) is 0 Å². The van der Waals surface area contributed by atoms with Crippen LogP contribution in [0.1, 0.15) is 34.6 Å². The number of rotatable bonds is 2. The van der Waals surface area contributed by atoms with E-state index in [1.165, 1.54) is 11.3 Å². The molecule has 23 heavy (non-hydrogen) atoms. The summed E-state index contributed by atoms with van der Waals surface area (Å²) in [7, 11) is 0. The van der Waals surface area contributed by atoms with E-state index in [2.05, 4.69) is 9.97 Å². The average molecular weight is 329 g/mol. The topological polar surface area (TPSA) is 55.3 Å². The van der Waals surface area contributed by atoms with Gasteiger partial charge in [-0.3, -0.25) is 9.78 Å². The number of morpholine rings is 1. The van der Waals surface area contributed by atoms with Gasteiger partial charge in [0.05, 0.1) is 30.1 Å². The van der Waals surface area contributed by atoms with Crippen molar-refractivity contribution in [2.45, 2.75) is 38.3 Å². The van der Waals surface area contributed by atoms with Crippen LogP contribution < -0.4 is 0 Å². The number of carbonyl (C=O) groups excluding carboxylic acids is 1. The highest BCUT2D eigenvalue weighted by Crippen LogP contribution is 2.33. The SMILES string of the molecule is Cc1nc(-c2ccccn2)sc1C(=O)N1CCOC2CCCC21. The van der Waals surface area contributed by atoms with Crippen LogP contribution in [0.3, 0.4) is 0 Å². The van der Waals surface area contributed by atoms with Crippen molar-refractivity contribution in [3.05, 3.63) is 35.0 Å². The van der Waals surface area contributed by atoms with Gasteiger partial charge in [-0.25, -0.2) is 4.98 Å². The number of thiazole rings is 1. The Morgan fingerprint density at radius 1 is 1.39 bits per heavy atom. The van der Waals surface area contributed by atoms with Crippen LogP contribution in [0.25, 0.3) is 10.7 Å². The van der Waals surface area contributed by atoms with E-state index in [0.717, 1.165) is 40.5 Å². The van der Waals surface area contributed by atoms with E-state index in [1.807, 2.05) is 30.0 Å². The molecular weight excluding hydrogens is 310 g/mol. The number of hydrogen-bond acceptors (Lipinski definition) is 5. The number of aromatic nitrogens is 2. The maximum atomic E-state index is 13.0. The molecule has 2 aromatic heterocycles. The summed E-state index contributed by atoms with van der Waals surface area (Å²) < 4.78 is 5.81. The Hall–Kier alpha value is -1.79. The summed E-state index contributed by atoms with van der Waals surface area (Å²) in [4.78, 5) is 24.7. The molecule has 120 valence electrons. The number of amides is 1. The van der Waals surface area contributed by atoms with Crippen molar-refractivity contribution in [2.75, 3.05) is 13.2 Å². The third kappa shape index (κ3) is 2.66. The van der Waals surface area contributed by atoms with Gasteiger partial charge in [0, 0.05) is 12.7 Å². The Bertz CT molecular complexity index is 716. The van der Waals surface area contributed by atoms with Crippen LogP contribution in [0, 0.1) is 6.92 Å². The van der Waals surface area contributed by atoms with E-state index >= 15 is 0 Å². The van der Waals surface area contributed by atoms with Crippen LogP contribution in [0.15, 0.2) is 24.4 Å². The lowest BCUT2D eigenvalue weighted by Gasteiger charge is -2.37. The number of aryl methyl sites for hydroxylation is 1. The lowest BCUT2D eigenvalue weighted by Crippen LogP contribution is -2.51. The second-order valence-electron chi connectivity index (χ2n) is 6.05. The first-order chi connectivity index (χ1) is 11.2. The zero-order chi connectivity index (χ0) is 15.8. The Balaban J connectivity index is 1.62. The predicted molar refractivity (Wildman–Crippen MR) is 88.5 cm³/mol. The summed E-state index contributed by atoms with van der Waals surface area (Å²) in [6, 6.07) is 5.97. The molecule has 1 aliphatic carbocycles. The number of carbonyl (C=O) groups is 1. The van der Waals surface area contributed by atoms with Crippen molar-refractivity contribution in [3.63, 3.8) is 0 Å². The van der Waals surface area contributed by atoms with E-state index < -0.39 is 0 Å². The number of nitrogens with zero attached hydrogens (tertiary/aromatic N) is 3.